The van der Waals surface area contributed by atoms with Crippen molar-refractivity contribution in [3.05, 3.63) is 68.9 Å². The molecule has 1 nitrogen and oxygen atoms in total. The van der Waals surface area contributed by atoms with Gasteiger partial charge in [-0.15, -0.1) is 0 Å². The lowest BCUT2D eigenvalue weighted by Crippen LogP contribution is -2.19. The molecule has 1 atom stereocenters. The first-order valence-electron chi connectivity index (χ1n) is 6.72. The van der Waals surface area contributed by atoms with E-state index in [1.165, 1.54) is 22.8 Å². The molecular weight excluding hydrogens is 317 g/mol. The quantitative estimate of drug-likeness (QED) is 0.823. The minimum absolute atomic E-state index is 0.172. The van der Waals surface area contributed by atoms with Crippen molar-refractivity contribution in [3.8, 4) is 0 Å². The standard InChI is InChI=1S/C17H19BrFN/c1-11-4-5-12(2)16(8-11)13(3)20-10-14-9-15(18)6-7-17(14)19/h4-9,13,20H,10H2,1-3H3. The summed E-state index contributed by atoms with van der Waals surface area (Å²) in [7, 11) is 0. The Kier molecular flexibility index (Phi) is 4.95. The first-order chi connectivity index (χ1) is 9.47. The van der Waals surface area contributed by atoms with Crippen LogP contribution in [0.15, 0.2) is 40.9 Å². The zero-order chi connectivity index (χ0) is 14.7. The van der Waals surface area contributed by atoms with Crippen molar-refractivity contribution < 1.29 is 4.39 Å². The Bertz CT molecular complexity index is 610. The summed E-state index contributed by atoms with van der Waals surface area (Å²) >= 11 is 3.37. The first kappa shape index (κ1) is 15.2. The van der Waals surface area contributed by atoms with Gasteiger partial charge in [0.25, 0.3) is 0 Å². The van der Waals surface area contributed by atoms with Gasteiger partial charge in [-0.2, -0.15) is 0 Å². The minimum atomic E-state index is -0.172. The summed E-state index contributed by atoms with van der Waals surface area (Å²) in [5.74, 6) is -0.172. The highest BCUT2D eigenvalue weighted by Crippen LogP contribution is 2.20. The van der Waals surface area contributed by atoms with Gasteiger partial charge >= 0.3 is 0 Å². The smallest absolute Gasteiger partial charge is 0.127 e. The van der Waals surface area contributed by atoms with Gasteiger partial charge in [0.1, 0.15) is 5.82 Å². The van der Waals surface area contributed by atoms with Crippen LogP contribution in [0.1, 0.15) is 35.2 Å². The monoisotopic (exact) mass is 335 g/mol. The SMILES string of the molecule is Cc1ccc(C)c(C(C)NCc2cc(Br)ccc2F)c1. The normalized spacial score (nSPS) is 12.4. The van der Waals surface area contributed by atoms with Crippen LogP contribution >= 0.6 is 15.9 Å². The van der Waals surface area contributed by atoms with Gasteiger partial charge in [0.15, 0.2) is 0 Å². The molecule has 0 saturated heterocycles. The third kappa shape index (κ3) is 3.68. The summed E-state index contributed by atoms with van der Waals surface area (Å²) < 4.78 is 14.6. The molecule has 106 valence electrons. The molecule has 3 heteroatoms. The maximum Gasteiger partial charge on any atom is 0.127 e. The fourth-order valence-electron chi connectivity index (χ4n) is 2.28. The number of halogens is 2. The Balaban J connectivity index is 2.10. The second kappa shape index (κ2) is 6.51. The summed E-state index contributed by atoms with van der Waals surface area (Å²) in [6.07, 6.45) is 0. The van der Waals surface area contributed by atoms with E-state index in [1.54, 1.807) is 6.07 Å². The zero-order valence-electron chi connectivity index (χ0n) is 12.0. The highest BCUT2D eigenvalue weighted by molar-refractivity contribution is 9.10. The van der Waals surface area contributed by atoms with Gasteiger partial charge in [-0.3, -0.25) is 0 Å². The first-order valence-corrected chi connectivity index (χ1v) is 7.51. The molecule has 2 aromatic carbocycles. The summed E-state index contributed by atoms with van der Waals surface area (Å²) in [6, 6.07) is 11.6. The fraction of sp³-hybridized carbons (Fsp3) is 0.294. The molecule has 0 heterocycles. The van der Waals surface area contributed by atoms with Crippen LogP contribution in [0.25, 0.3) is 0 Å². The van der Waals surface area contributed by atoms with Crippen LogP contribution in [-0.2, 0) is 6.54 Å². The van der Waals surface area contributed by atoms with Gasteiger partial charge in [0, 0.05) is 22.6 Å². The van der Waals surface area contributed by atoms with Gasteiger partial charge in [-0.1, -0.05) is 39.7 Å². The Morgan fingerprint density at radius 1 is 1.15 bits per heavy atom. The molecule has 0 spiro atoms. The second-order valence-electron chi connectivity index (χ2n) is 5.20. The van der Waals surface area contributed by atoms with Gasteiger partial charge in [-0.25, -0.2) is 4.39 Å². The average Bonchev–Trinajstić information content (AvgIpc) is 2.42. The Morgan fingerprint density at radius 3 is 2.65 bits per heavy atom. The maximum absolute atomic E-state index is 13.7. The van der Waals surface area contributed by atoms with Crippen molar-refractivity contribution in [1.29, 1.82) is 0 Å². The molecule has 0 saturated carbocycles. The molecule has 1 unspecified atom stereocenters. The van der Waals surface area contributed by atoms with Crippen LogP contribution in [-0.4, -0.2) is 0 Å². The Labute approximate surface area is 128 Å². The van der Waals surface area contributed by atoms with Crippen molar-refractivity contribution in [2.75, 3.05) is 0 Å². The van der Waals surface area contributed by atoms with Crippen LogP contribution in [0.4, 0.5) is 4.39 Å². The van der Waals surface area contributed by atoms with Crippen LogP contribution in [0.2, 0.25) is 0 Å². The molecular formula is C17H19BrFN. The van der Waals surface area contributed by atoms with Crippen molar-refractivity contribution in [1.82, 2.24) is 5.32 Å². The van der Waals surface area contributed by atoms with E-state index in [0.717, 1.165) is 4.47 Å². The fourth-order valence-corrected chi connectivity index (χ4v) is 2.69. The van der Waals surface area contributed by atoms with Crippen LogP contribution < -0.4 is 5.32 Å². The van der Waals surface area contributed by atoms with E-state index in [9.17, 15) is 4.39 Å². The topological polar surface area (TPSA) is 12.0 Å². The Hall–Kier alpha value is -1.19. The van der Waals surface area contributed by atoms with Crippen molar-refractivity contribution >= 4 is 15.9 Å². The zero-order valence-corrected chi connectivity index (χ0v) is 13.6. The molecule has 0 aliphatic heterocycles. The number of nitrogens with one attached hydrogen (secondary N) is 1. The lowest BCUT2D eigenvalue weighted by molar-refractivity contribution is 0.542. The molecule has 0 amide bonds. The predicted octanol–water partition coefficient (Wildman–Crippen LogP) is 5.06. The van der Waals surface area contributed by atoms with E-state index < -0.39 is 0 Å². The predicted molar refractivity (Wildman–Crippen MR) is 85.3 cm³/mol. The number of rotatable bonds is 4. The molecule has 0 radical (unpaired) electrons. The number of hydrogen-bond donors (Lipinski definition) is 1. The molecule has 0 aliphatic carbocycles. The average molecular weight is 336 g/mol. The molecule has 0 fully saturated rings. The lowest BCUT2D eigenvalue weighted by Gasteiger charge is -2.17. The summed E-state index contributed by atoms with van der Waals surface area (Å²) in [5, 5.41) is 3.39. The third-order valence-corrected chi connectivity index (χ3v) is 4.00. The van der Waals surface area contributed by atoms with Crippen molar-refractivity contribution in [3.63, 3.8) is 0 Å². The van der Waals surface area contributed by atoms with Crippen LogP contribution in [0.5, 0.6) is 0 Å². The van der Waals surface area contributed by atoms with Gasteiger partial charge in [0.05, 0.1) is 0 Å². The molecule has 0 bridgehead atoms. The third-order valence-electron chi connectivity index (χ3n) is 3.51. The van der Waals surface area contributed by atoms with E-state index >= 15 is 0 Å². The highest BCUT2D eigenvalue weighted by Gasteiger charge is 2.10. The largest absolute Gasteiger partial charge is 0.306 e. The lowest BCUT2D eigenvalue weighted by atomic mass is 10.00. The molecule has 2 rings (SSSR count). The van der Waals surface area contributed by atoms with Crippen molar-refractivity contribution in [2.24, 2.45) is 0 Å². The molecule has 20 heavy (non-hydrogen) atoms. The van der Waals surface area contributed by atoms with Gasteiger partial charge < -0.3 is 5.32 Å². The second-order valence-corrected chi connectivity index (χ2v) is 6.11. The van der Waals surface area contributed by atoms with Crippen LogP contribution in [0.3, 0.4) is 0 Å². The van der Waals surface area contributed by atoms with E-state index in [-0.39, 0.29) is 11.9 Å². The molecule has 2 aromatic rings. The number of hydrogen-bond acceptors (Lipinski definition) is 1. The molecule has 1 N–H and O–H groups in total. The summed E-state index contributed by atoms with van der Waals surface area (Å²) in [6.45, 7) is 6.81. The minimum Gasteiger partial charge on any atom is -0.306 e. The van der Waals surface area contributed by atoms with Gasteiger partial charge in [0.2, 0.25) is 0 Å². The summed E-state index contributed by atoms with van der Waals surface area (Å²) in [4.78, 5) is 0. The highest BCUT2D eigenvalue weighted by atomic mass is 79.9. The Morgan fingerprint density at radius 2 is 1.90 bits per heavy atom. The van der Waals surface area contributed by atoms with E-state index in [0.29, 0.717) is 12.1 Å². The molecule has 0 aromatic heterocycles. The van der Waals surface area contributed by atoms with E-state index in [1.807, 2.05) is 6.07 Å². The summed E-state index contributed by atoms with van der Waals surface area (Å²) in [5.41, 5.74) is 4.44. The number of benzene rings is 2. The molecule has 0 aliphatic rings. The van der Waals surface area contributed by atoms with Gasteiger partial charge in [-0.05, 0) is 50.1 Å². The number of aryl methyl sites for hydroxylation is 2. The van der Waals surface area contributed by atoms with E-state index in [4.69, 9.17) is 0 Å². The maximum atomic E-state index is 13.7. The van der Waals surface area contributed by atoms with E-state index in [2.05, 4.69) is 60.2 Å². The van der Waals surface area contributed by atoms with Crippen molar-refractivity contribution in [2.45, 2.75) is 33.4 Å². The van der Waals surface area contributed by atoms with Crippen LogP contribution in [0, 0.1) is 19.7 Å².